The van der Waals surface area contributed by atoms with E-state index in [0.29, 0.717) is 0 Å². The molecule has 2 N–H and O–H groups in total. The Kier molecular flexibility index (Phi) is 7.67. The van der Waals surface area contributed by atoms with Gasteiger partial charge >= 0.3 is 0 Å². The largest absolute Gasteiger partial charge is 0.478 e. The third-order valence-electron chi connectivity index (χ3n) is 4.93. The van der Waals surface area contributed by atoms with Gasteiger partial charge in [0.2, 0.25) is 10.0 Å². The van der Waals surface area contributed by atoms with Crippen LogP contribution in [0.5, 0.6) is 5.75 Å². The second-order valence-corrected chi connectivity index (χ2v) is 9.68. The molecule has 1 aliphatic heterocycles. The van der Waals surface area contributed by atoms with Gasteiger partial charge in [-0.2, -0.15) is 4.31 Å². The van der Waals surface area contributed by atoms with E-state index >= 15 is 0 Å². The van der Waals surface area contributed by atoms with Gasteiger partial charge in [-0.25, -0.2) is 12.8 Å². The second kappa shape index (κ2) is 10.3. The van der Waals surface area contributed by atoms with E-state index in [1.807, 2.05) is 0 Å². The molecule has 11 heteroatoms. The summed E-state index contributed by atoms with van der Waals surface area (Å²) >= 11 is 0. The predicted octanol–water partition coefficient (Wildman–Crippen LogP) is 1.85. The molecule has 33 heavy (non-hydrogen) atoms. The van der Waals surface area contributed by atoms with Crippen molar-refractivity contribution in [3.63, 3.8) is 0 Å². The van der Waals surface area contributed by atoms with Gasteiger partial charge in [-0.1, -0.05) is 18.2 Å². The highest BCUT2D eigenvalue weighted by Gasteiger charge is 2.32. The van der Waals surface area contributed by atoms with Crippen molar-refractivity contribution in [2.24, 2.45) is 0 Å². The van der Waals surface area contributed by atoms with E-state index in [-0.39, 0.29) is 41.5 Å². The number of hydrogen-bond acceptors (Lipinski definition) is 6. The molecule has 0 unspecified atom stereocenters. The van der Waals surface area contributed by atoms with E-state index in [1.54, 1.807) is 19.9 Å². The van der Waals surface area contributed by atoms with E-state index in [9.17, 15) is 22.4 Å². The number of nitrogens with one attached hydrogen (secondary N) is 2. The van der Waals surface area contributed by atoms with Crippen LogP contribution in [0.4, 0.5) is 4.39 Å². The number of carbonyl (C=O) groups is 2. The molecule has 2 aromatic rings. The van der Waals surface area contributed by atoms with E-state index in [2.05, 4.69) is 10.9 Å². The predicted molar refractivity (Wildman–Crippen MR) is 117 cm³/mol. The number of amides is 2. The molecule has 2 aromatic carbocycles. The van der Waals surface area contributed by atoms with Gasteiger partial charge in [-0.05, 0) is 51.1 Å². The summed E-state index contributed by atoms with van der Waals surface area (Å²) < 4.78 is 51.9. The fourth-order valence-electron chi connectivity index (χ4n) is 3.35. The van der Waals surface area contributed by atoms with E-state index < -0.39 is 33.8 Å². The standard InChI is InChI=1S/C22H26FN3O6S/c1-14-12-26(13-15(2)31-14)33(29,30)18-8-6-7-17(11-18)22(28)25-24-21(27)16(3)32-20-10-5-4-9-19(20)23/h4-11,14-16H,12-13H2,1-3H3,(H,24,27)(H,25,28)/t14-,15-,16-/m0/s1. The van der Waals surface area contributed by atoms with Crippen LogP contribution in [0.3, 0.4) is 0 Å². The topological polar surface area (TPSA) is 114 Å². The monoisotopic (exact) mass is 479 g/mol. The molecule has 178 valence electrons. The lowest BCUT2D eigenvalue weighted by Crippen LogP contribution is -2.48. The molecule has 0 aliphatic carbocycles. The van der Waals surface area contributed by atoms with Gasteiger partial charge in [-0.15, -0.1) is 0 Å². The summed E-state index contributed by atoms with van der Waals surface area (Å²) in [6.07, 6.45) is -1.60. The van der Waals surface area contributed by atoms with Crippen molar-refractivity contribution in [1.82, 2.24) is 15.2 Å². The minimum Gasteiger partial charge on any atom is -0.478 e. The molecule has 0 spiro atoms. The van der Waals surface area contributed by atoms with Gasteiger partial charge < -0.3 is 9.47 Å². The van der Waals surface area contributed by atoms with Crippen LogP contribution in [0.15, 0.2) is 53.4 Å². The van der Waals surface area contributed by atoms with Crippen molar-refractivity contribution >= 4 is 21.8 Å². The number of carbonyl (C=O) groups excluding carboxylic acids is 2. The Morgan fingerprint density at radius 1 is 1.09 bits per heavy atom. The van der Waals surface area contributed by atoms with Crippen LogP contribution >= 0.6 is 0 Å². The molecule has 1 heterocycles. The number of rotatable bonds is 6. The van der Waals surface area contributed by atoms with Crippen LogP contribution in [0.25, 0.3) is 0 Å². The molecular formula is C22H26FN3O6S. The normalized spacial score (nSPS) is 20.0. The molecule has 0 radical (unpaired) electrons. The first-order valence-corrected chi connectivity index (χ1v) is 11.8. The number of para-hydroxylation sites is 1. The van der Waals surface area contributed by atoms with Gasteiger partial charge in [-0.3, -0.25) is 20.4 Å². The maximum Gasteiger partial charge on any atom is 0.279 e. The Balaban J connectivity index is 1.63. The van der Waals surface area contributed by atoms with E-state index in [1.165, 1.54) is 53.7 Å². The molecule has 0 aromatic heterocycles. The van der Waals surface area contributed by atoms with Gasteiger partial charge in [0, 0.05) is 18.7 Å². The molecule has 2 amide bonds. The van der Waals surface area contributed by atoms with Gasteiger partial charge in [0.25, 0.3) is 11.8 Å². The maximum atomic E-state index is 13.7. The van der Waals surface area contributed by atoms with Gasteiger partial charge in [0.05, 0.1) is 17.1 Å². The van der Waals surface area contributed by atoms with Crippen molar-refractivity contribution in [2.45, 2.75) is 44.0 Å². The molecule has 1 fully saturated rings. The van der Waals surface area contributed by atoms with Crippen LogP contribution in [0.2, 0.25) is 0 Å². The van der Waals surface area contributed by atoms with Crippen molar-refractivity contribution in [3.8, 4) is 5.75 Å². The van der Waals surface area contributed by atoms with Crippen molar-refractivity contribution in [1.29, 1.82) is 0 Å². The van der Waals surface area contributed by atoms with Crippen LogP contribution in [-0.2, 0) is 19.6 Å². The summed E-state index contributed by atoms with van der Waals surface area (Å²) in [6, 6.07) is 11.1. The summed E-state index contributed by atoms with van der Waals surface area (Å²) in [5.74, 6) is -2.16. The molecule has 1 saturated heterocycles. The van der Waals surface area contributed by atoms with Gasteiger partial charge in [0.15, 0.2) is 17.7 Å². The highest BCUT2D eigenvalue weighted by Crippen LogP contribution is 2.22. The Morgan fingerprint density at radius 2 is 1.76 bits per heavy atom. The second-order valence-electron chi connectivity index (χ2n) is 7.74. The fraction of sp³-hybridized carbons (Fsp3) is 0.364. The number of benzene rings is 2. The molecule has 1 aliphatic rings. The number of hydrogen-bond donors (Lipinski definition) is 2. The lowest BCUT2D eigenvalue weighted by Gasteiger charge is -2.34. The Bertz CT molecular complexity index is 1120. The SMILES string of the molecule is C[C@H](Oc1ccccc1F)C(=O)NNC(=O)c1cccc(S(=O)(=O)N2C[C@H](C)O[C@@H](C)C2)c1. The highest BCUT2D eigenvalue weighted by atomic mass is 32.2. The average molecular weight is 480 g/mol. The third kappa shape index (κ3) is 6.06. The first kappa shape index (κ1) is 24.6. The van der Waals surface area contributed by atoms with Crippen LogP contribution < -0.4 is 15.6 Å². The lowest BCUT2D eigenvalue weighted by molar-refractivity contribution is -0.128. The van der Waals surface area contributed by atoms with Crippen LogP contribution in [0, 0.1) is 5.82 Å². The minimum absolute atomic E-state index is 0.0356. The number of nitrogens with zero attached hydrogens (tertiary/aromatic N) is 1. The maximum absolute atomic E-state index is 13.7. The number of halogens is 1. The van der Waals surface area contributed by atoms with E-state index in [4.69, 9.17) is 9.47 Å². The quantitative estimate of drug-likeness (QED) is 0.612. The first-order valence-electron chi connectivity index (χ1n) is 10.3. The molecule has 0 saturated carbocycles. The smallest absolute Gasteiger partial charge is 0.279 e. The zero-order valence-corrected chi connectivity index (χ0v) is 19.3. The number of morpholine rings is 1. The third-order valence-corrected chi connectivity index (χ3v) is 6.76. The van der Waals surface area contributed by atoms with Crippen molar-refractivity contribution in [2.75, 3.05) is 13.1 Å². The summed E-state index contributed by atoms with van der Waals surface area (Å²) in [7, 11) is -3.84. The zero-order chi connectivity index (χ0) is 24.2. The Hall–Kier alpha value is -3.02. The lowest BCUT2D eigenvalue weighted by atomic mass is 10.2. The number of hydrazine groups is 1. The summed E-state index contributed by atoms with van der Waals surface area (Å²) in [6.45, 7) is 5.40. The molecule has 3 atom stereocenters. The Labute approximate surface area is 191 Å². The average Bonchev–Trinajstić information content (AvgIpc) is 2.78. The molecule has 9 nitrogen and oxygen atoms in total. The molecule has 0 bridgehead atoms. The van der Waals surface area contributed by atoms with Crippen LogP contribution in [0.1, 0.15) is 31.1 Å². The molecular weight excluding hydrogens is 453 g/mol. The summed E-state index contributed by atoms with van der Waals surface area (Å²) in [4.78, 5) is 24.6. The number of ether oxygens (including phenoxy) is 2. The van der Waals surface area contributed by atoms with Gasteiger partial charge in [0.1, 0.15) is 0 Å². The first-order chi connectivity index (χ1) is 15.6. The van der Waals surface area contributed by atoms with Crippen LogP contribution in [-0.4, -0.2) is 55.9 Å². The molecule has 3 rings (SSSR count). The fourth-order valence-corrected chi connectivity index (χ4v) is 4.99. The number of sulfonamides is 1. The highest BCUT2D eigenvalue weighted by molar-refractivity contribution is 7.89. The summed E-state index contributed by atoms with van der Waals surface area (Å²) in [5.41, 5.74) is 4.44. The Morgan fingerprint density at radius 3 is 2.42 bits per heavy atom. The van der Waals surface area contributed by atoms with Crippen molar-refractivity contribution < 1.29 is 31.9 Å². The zero-order valence-electron chi connectivity index (χ0n) is 18.4. The van der Waals surface area contributed by atoms with Crippen molar-refractivity contribution in [3.05, 3.63) is 59.9 Å². The minimum atomic E-state index is -3.84. The summed E-state index contributed by atoms with van der Waals surface area (Å²) in [5, 5.41) is 0. The van der Waals surface area contributed by atoms with E-state index in [0.717, 1.165) is 0 Å².